The molecular weight excluding hydrogens is 535 g/mol. The SMILES string of the molecule is CCOP(=O)(C=CC1CC(OC(=O)c2ccccc2)C(n2ccc(NC(=O)c3ccccc3)cc2=O)O1)OCC. The Labute approximate surface area is 232 Å². The summed E-state index contributed by atoms with van der Waals surface area (Å²) >= 11 is 0. The zero-order valence-corrected chi connectivity index (χ0v) is 23.1. The summed E-state index contributed by atoms with van der Waals surface area (Å²) in [5, 5.41) is 2.70. The van der Waals surface area contributed by atoms with E-state index in [0.717, 1.165) is 0 Å². The molecule has 3 unspecified atom stereocenters. The average molecular weight is 567 g/mol. The molecule has 11 heteroatoms. The Morgan fingerprint density at radius 3 is 2.23 bits per heavy atom. The minimum Gasteiger partial charge on any atom is -0.454 e. The summed E-state index contributed by atoms with van der Waals surface area (Å²) in [6.45, 7) is 3.79. The Hall–Kier alpha value is -3.82. The molecule has 0 bridgehead atoms. The second-order valence-corrected chi connectivity index (χ2v) is 10.7. The van der Waals surface area contributed by atoms with Crippen LogP contribution in [-0.2, 0) is 23.1 Å². The second-order valence-electron chi connectivity index (χ2n) is 8.81. The molecule has 0 aliphatic carbocycles. The number of pyridine rings is 1. The van der Waals surface area contributed by atoms with Crippen molar-refractivity contribution < 1.29 is 32.7 Å². The molecule has 2 aromatic carbocycles. The highest BCUT2D eigenvalue weighted by atomic mass is 31.2. The van der Waals surface area contributed by atoms with Crippen molar-refractivity contribution in [3.05, 3.63) is 112 Å². The van der Waals surface area contributed by atoms with E-state index in [1.54, 1.807) is 80.6 Å². The fraction of sp³-hybridized carbons (Fsp3) is 0.276. The van der Waals surface area contributed by atoms with Crippen LogP contribution < -0.4 is 10.9 Å². The van der Waals surface area contributed by atoms with Gasteiger partial charge < -0.3 is 23.8 Å². The zero-order chi connectivity index (χ0) is 28.5. The van der Waals surface area contributed by atoms with Crippen LogP contribution in [0.4, 0.5) is 5.69 Å². The monoisotopic (exact) mass is 566 g/mol. The number of amides is 1. The van der Waals surface area contributed by atoms with E-state index in [4.69, 9.17) is 18.5 Å². The van der Waals surface area contributed by atoms with Crippen LogP contribution in [0.25, 0.3) is 0 Å². The van der Waals surface area contributed by atoms with Gasteiger partial charge in [0.1, 0.15) is 0 Å². The summed E-state index contributed by atoms with van der Waals surface area (Å²) in [7, 11) is -3.49. The van der Waals surface area contributed by atoms with E-state index in [1.807, 2.05) is 0 Å². The number of ether oxygens (including phenoxy) is 2. The molecule has 0 saturated carbocycles. The number of nitrogens with zero attached hydrogens (tertiary/aromatic N) is 1. The number of rotatable bonds is 11. The molecule has 10 nitrogen and oxygen atoms in total. The molecule has 0 spiro atoms. The largest absolute Gasteiger partial charge is 0.454 e. The normalized spacial score (nSPS) is 19.0. The van der Waals surface area contributed by atoms with Crippen molar-refractivity contribution in [2.24, 2.45) is 0 Å². The minimum atomic E-state index is -3.49. The predicted octanol–water partition coefficient (Wildman–Crippen LogP) is 5.39. The lowest BCUT2D eigenvalue weighted by Gasteiger charge is -2.21. The highest BCUT2D eigenvalue weighted by Gasteiger charge is 2.39. The molecule has 1 aliphatic rings. The van der Waals surface area contributed by atoms with Gasteiger partial charge in [-0.1, -0.05) is 36.4 Å². The molecule has 3 aromatic rings. The minimum absolute atomic E-state index is 0.190. The van der Waals surface area contributed by atoms with Gasteiger partial charge in [-0.05, 0) is 50.3 Å². The van der Waals surface area contributed by atoms with Crippen molar-refractivity contribution in [2.75, 3.05) is 18.5 Å². The van der Waals surface area contributed by atoms with Crippen molar-refractivity contribution in [1.29, 1.82) is 0 Å². The van der Waals surface area contributed by atoms with Crippen LogP contribution in [-0.4, -0.2) is 41.9 Å². The van der Waals surface area contributed by atoms with Crippen molar-refractivity contribution in [1.82, 2.24) is 4.57 Å². The highest BCUT2D eigenvalue weighted by molar-refractivity contribution is 7.57. The predicted molar refractivity (Wildman–Crippen MR) is 149 cm³/mol. The van der Waals surface area contributed by atoms with Gasteiger partial charge in [0.25, 0.3) is 11.5 Å². The van der Waals surface area contributed by atoms with E-state index >= 15 is 0 Å². The summed E-state index contributed by atoms with van der Waals surface area (Å²) < 4.78 is 36.7. The van der Waals surface area contributed by atoms with Crippen LogP contribution in [0.2, 0.25) is 0 Å². The number of hydrogen-bond acceptors (Lipinski definition) is 8. The maximum atomic E-state index is 13.1. The van der Waals surface area contributed by atoms with Gasteiger partial charge in [-0.2, -0.15) is 0 Å². The summed E-state index contributed by atoms with van der Waals surface area (Å²) in [4.78, 5) is 38.5. The van der Waals surface area contributed by atoms with E-state index in [9.17, 15) is 18.9 Å². The molecule has 1 aromatic heterocycles. The molecule has 1 N–H and O–H groups in total. The molecule has 4 rings (SSSR count). The van der Waals surface area contributed by atoms with Crippen LogP contribution in [0.15, 0.2) is 95.7 Å². The van der Waals surface area contributed by atoms with Gasteiger partial charge in [0.05, 0.1) is 24.9 Å². The Morgan fingerprint density at radius 2 is 1.62 bits per heavy atom. The fourth-order valence-electron chi connectivity index (χ4n) is 4.18. The van der Waals surface area contributed by atoms with Gasteiger partial charge in [-0.15, -0.1) is 0 Å². The second kappa shape index (κ2) is 13.5. The number of benzene rings is 2. The highest BCUT2D eigenvalue weighted by Crippen LogP contribution is 2.50. The smallest absolute Gasteiger partial charge is 0.353 e. The van der Waals surface area contributed by atoms with Gasteiger partial charge in [0.15, 0.2) is 12.3 Å². The first-order valence-electron chi connectivity index (χ1n) is 12.9. The third-order valence-electron chi connectivity index (χ3n) is 5.98. The number of carbonyl (C=O) groups is 2. The molecule has 1 amide bonds. The standard InChI is InChI=1S/C29H31N2O8P/c1-3-36-40(35,37-4-2)18-16-24-20-25(39-29(34)22-13-9-6-10-14-22)28(38-24)31-17-15-23(19-26(31)32)30-27(33)21-11-7-5-8-12-21/h5-19,24-25,28H,3-4,20H2,1-2H3,(H,30,33). The van der Waals surface area contributed by atoms with Gasteiger partial charge in [-0.3, -0.25) is 18.7 Å². The van der Waals surface area contributed by atoms with Gasteiger partial charge >= 0.3 is 13.6 Å². The molecule has 1 saturated heterocycles. The lowest BCUT2D eigenvalue weighted by atomic mass is 10.1. The molecule has 2 heterocycles. The van der Waals surface area contributed by atoms with Crippen LogP contribution in [0.5, 0.6) is 0 Å². The molecule has 3 atom stereocenters. The lowest BCUT2D eigenvalue weighted by Crippen LogP contribution is -2.32. The zero-order valence-electron chi connectivity index (χ0n) is 22.2. The Morgan fingerprint density at radius 1 is 1.00 bits per heavy atom. The molecular formula is C29H31N2O8P. The summed E-state index contributed by atoms with van der Waals surface area (Å²) in [5.41, 5.74) is 0.626. The molecule has 40 heavy (non-hydrogen) atoms. The van der Waals surface area contributed by atoms with E-state index < -0.39 is 37.6 Å². The van der Waals surface area contributed by atoms with Crippen molar-refractivity contribution in [3.63, 3.8) is 0 Å². The first kappa shape index (κ1) is 29.2. The van der Waals surface area contributed by atoms with Crippen LogP contribution in [0.3, 0.4) is 0 Å². The van der Waals surface area contributed by atoms with Crippen molar-refractivity contribution in [3.8, 4) is 0 Å². The number of aromatic nitrogens is 1. The van der Waals surface area contributed by atoms with Crippen molar-refractivity contribution in [2.45, 2.75) is 38.7 Å². The summed E-state index contributed by atoms with van der Waals surface area (Å²) in [5.74, 6) is 0.398. The number of nitrogens with one attached hydrogen (secondary N) is 1. The van der Waals surface area contributed by atoms with E-state index in [2.05, 4.69) is 5.32 Å². The summed E-state index contributed by atoms with van der Waals surface area (Å²) in [6.07, 6.45) is 0.716. The molecule has 1 fully saturated rings. The topological polar surface area (TPSA) is 122 Å². The molecule has 210 valence electrons. The number of anilines is 1. The van der Waals surface area contributed by atoms with Gasteiger partial charge in [0.2, 0.25) is 0 Å². The number of carbonyl (C=O) groups excluding carboxylic acids is 2. The van der Waals surface area contributed by atoms with Crippen LogP contribution in [0, 0.1) is 0 Å². The number of esters is 1. The van der Waals surface area contributed by atoms with Gasteiger partial charge in [0, 0.05) is 35.8 Å². The third-order valence-corrected chi connectivity index (χ3v) is 7.76. The lowest BCUT2D eigenvalue weighted by molar-refractivity contribution is -0.0414. The third kappa shape index (κ3) is 7.43. The number of hydrogen-bond donors (Lipinski definition) is 1. The van der Waals surface area contributed by atoms with Crippen LogP contribution in [0.1, 0.15) is 47.2 Å². The van der Waals surface area contributed by atoms with Crippen LogP contribution >= 0.6 is 7.60 Å². The Balaban J connectivity index is 1.57. The Kier molecular flexibility index (Phi) is 9.84. The average Bonchev–Trinajstić information content (AvgIpc) is 3.35. The van der Waals surface area contributed by atoms with E-state index in [1.165, 1.54) is 28.7 Å². The van der Waals surface area contributed by atoms with Gasteiger partial charge in [-0.25, -0.2) is 4.79 Å². The molecule has 0 radical (unpaired) electrons. The van der Waals surface area contributed by atoms with E-state index in [0.29, 0.717) is 16.8 Å². The maximum absolute atomic E-state index is 13.1. The first-order valence-corrected chi connectivity index (χ1v) is 14.5. The molecule has 1 aliphatic heterocycles. The van der Waals surface area contributed by atoms with E-state index in [-0.39, 0.29) is 25.5 Å². The summed E-state index contributed by atoms with van der Waals surface area (Å²) in [6, 6.07) is 19.9. The first-order chi connectivity index (χ1) is 19.3. The quantitative estimate of drug-likeness (QED) is 0.242. The van der Waals surface area contributed by atoms with Crippen molar-refractivity contribution >= 4 is 25.2 Å². The fourth-order valence-corrected chi connectivity index (χ4v) is 5.55. The Bertz CT molecular complexity index is 1430. The maximum Gasteiger partial charge on any atom is 0.353 e.